The van der Waals surface area contributed by atoms with E-state index in [1.165, 1.54) is 0 Å². The molecule has 0 spiro atoms. The molecule has 18 heavy (non-hydrogen) atoms. The number of carbonyl (C=O) groups is 2. The Hall–Kier alpha value is -2.23. The number of hydrogen-bond donors (Lipinski definition) is 1. The van der Waals surface area contributed by atoms with Crippen molar-refractivity contribution in [2.24, 2.45) is 0 Å². The number of carbonyl (C=O) groups excluding carboxylic acids is 2. The Morgan fingerprint density at radius 3 is 2.72 bits per heavy atom. The van der Waals surface area contributed by atoms with Gasteiger partial charge in [-0.2, -0.15) is 0 Å². The van der Waals surface area contributed by atoms with Crippen molar-refractivity contribution in [2.75, 3.05) is 24.7 Å². The molecule has 1 fully saturated rings. The zero-order valence-corrected chi connectivity index (χ0v) is 9.42. The Bertz CT molecular complexity index is 528. The summed E-state index contributed by atoms with van der Waals surface area (Å²) in [5.41, 5.74) is 0.383. The minimum Gasteiger partial charge on any atom is -0.384 e. The quantitative estimate of drug-likeness (QED) is 0.524. The van der Waals surface area contributed by atoms with E-state index in [4.69, 9.17) is 9.84 Å². The average Bonchev–Trinajstić information content (AvgIpc) is 2.37. The molecule has 0 bridgehead atoms. The Balaban J connectivity index is 2.32. The first-order chi connectivity index (χ1) is 8.72. The molecule has 0 radical (unpaired) electrons. The molecule has 2 amide bonds. The van der Waals surface area contributed by atoms with Crippen LogP contribution >= 0.6 is 0 Å². The van der Waals surface area contributed by atoms with Crippen LogP contribution < -0.4 is 4.90 Å². The summed E-state index contributed by atoms with van der Waals surface area (Å²) in [4.78, 5) is 28.2. The van der Waals surface area contributed by atoms with Crippen LogP contribution in [0.25, 0.3) is 0 Å². The van der Waals surface area contributed by atoms with Gasteiger partial charge in [-0.05, 0) is 18.1 Å². The van der Waals surface area contributed by atoms with Gasteiger partial charge in [0.2, 0.25) is 0 Å². The van der Waals surface area contributed by atoms with Crippen LogP contribution in [0, 0.1) is 11.8 Å². The minimum absolute atomic E-state index is 0.139. The normalized spacial score (nSPS) is 15.3. The van der Waals surface area contributed by atoms with E-state index in [9.17, 15) is 9.59 Å². The lowest BCUT2D eigenvalue weighted by atomic mass is 10.3. The molecule has 92 valence electrons. The smallest absolute Gasteiger partial charge is 0.261 e. The monoisotopic (exact) mass is 246 g/mol. The van der Waals surface area contributed by atoms with E-state index in [0.717, 1.165) is 4.90 Å². The molecule has 2 rings (SSSR count). The van der Waals surface area contributed by atoms with Crippen LogP contribution in [0.3, 0.4) is 0 Å². The zero-order chi connectivity index (χ0) is 13.0. The number of imide groups is 1. The molecular formula is C12H10N2O4. The molecule has 1 aliphatic rings. The van der Waals surface area contributed by atoms with E-state index in [1.54, 1.807) is 18.2 Å². The number of aromatic nitrogens is 1. The molecule has 1 saturated heterocycles. The van der Waals surface area contributed by atoms with Crippen LogP contribution in [0.5, 0.6) is 0 Å². The van der Waals surface area contributed by atoms with Crippen molar-refractivity contribution in [3.05, 3.63) is 23.9 Å². The van der Waals surface area contributed by atoms with Gasteiger partial charge in [-0.15, -0.1) is 0 Å². The van der Waals surface area contributed by atoms with Crippen molar-refractivity contribution in [3.63, 3.8) is 0 Å². The van der Waals surface area contributed by atoms with E-state index >= 15 is 0 Å². The summed E-state index contributed by atoms with van der Waals surface area (Å²) < 4.78 is 4.81. The highest BCUT2D eigenvalue weighted by atomic mass is 16.5. The Morgan fingerprint density at radius 1 is 1.33 bits per heavy atom. The predicted molar refractivity (Wildman–Crippen MR) is 61.5 cm³/mol. The summed E-state index contributed by atoms with van der Waals surface area (Å²) in [7, 11) is 0. The standard InChI is InChI=1S/C12H10N2O4/c15-6-2-4-9-3-1-5-10(13-9)14-11(16)7-18-8-12(14)17/h1,3,5,15H,6-8H2. The highest BCUT2D eigenvalue weighted by Crippen LogP contribution is 2.14. The van der Waals surface area contributed by atoms with Crippen LogP contribution in [-0.4, -0.2) is 41.7 Å². The van der Waals surface area contributed by atoms with Gasteiger partial charge in [0.25, 0.3) is 11.8 Å². The van der Waals surface area contributed by atoms with Gasteiger partial charge in [-0.25, -0.2) is 9.88 Å². The summed E-state index contributed by atoms with van der Waals surface area (Å²) >= 11 is 0. The number of ether oxygens (including phenoxy) is 1. The molecular weight excluding hydrogens is 236 g/mol. The number of pyridine rings is 1. The number of rotatable bonds is 1. The third-order valence-electron chi connectivity index (χ3n) is 2.21. The third-order valence-corrected chi connectivity index (χ3v) is 2.21. The molecule has 0 saturated carbocycles. The SMILES string of the molecule is O=C1COCC(=O)N1c1cccc(C#CCO)n1. The maximum absolute atomic E-state index is 11.6. The lowest BCUT2D eigenvalue weighted by Gasteiger charge is -2.23. The molecule has 2 heterocycles. The third kappa shape index (κ3) is 2.53. The Morgan fingerprint density at radius 2 is 2.06 bits per heavy atom. The second-order valence-electron chi connectivity index (χ2n) is 3.46. The molecule has 1 aromatic rings. The predicted octanol–water partition coefficient (Wildman–Crippen LogP) is -0.685. The van der Waals surface area contributed by atoms with E-state index in [1.807, 2.05) is 0 Å². The van der Waals surface area contributed by atoms with Crippen molar-refractivity contribution < 1.29 is 19.4 Å². The molecule has 6 nitrogen and oxygen atoms in total. The van der Waals surface area contributed by atoms with Crippen LogP contribution in [-0.2, 0) is 14.3 Å². The number of amides is 2. The Labute approximate surface area is 103 Å². The van der Waals surface area contributed by atoms with Crippen molar-refractivity contribution in [1.82, 2.24) is 4.98 Å². The second-order valence-corrected chi connectivity index (χ2v) is 3.46. The summed E-state index contributed by atoms with van der Waals surface area (Å²) in [5, 5.41) is 8.59. The number of hydrogen-bond acceptors (Lipinski definition) is 5. The molecule has 0 aliphatic carbocycles. The molecule has 0 unspecified atom stereocenters. The maximum Gasteiger partial charge on any atom is 0.261 e. The van der Waals surface area contributed by atoms with Gasteiger partial charge in [0.1, 0.15) is 31.3 Å². The van der Waals surface area contributed by atoms with Crippen LogP contribution in [0.1, 0.15) is 5.69 Å². The minimum atomic E-state index is -0.453. The van der Waals surface area contributed by atoms with Crippen LogP contribution in [0.2, 0.25) is 0 Å². The van der Waals surface area contributed by atoms with Gasteiger partial charge in [0, 0.05) is 0 Å². The van der Waals surface area contributed by atoms with Crippen molar-refractivity contribution in [3.8, 4) is 11.8 Å². The van der Waals surface area contributed by atoms with Crippen molar-refractivity contribution in [2.45, 2.75) is 0 Å². The fourth-order valence-electron chi connectivity index (χ4n) is 1.50. The van der Waals surface area contributed by atoms with Crippen LogP contribution in [0.4, 0.5) is 5.82 Å². The lowest BCUT2D eigenvalue weighted by Crippen LogP contribution is -2.46. The van der Waals surface area contributed by atoms with E-state index in [2.05, 4.69) is 16.8 Å². The first-order valence-electron chi connectivity index (χ1n) is 5.22. The van der Waals surface area contributed by atoms with Gasteiger partial charge >= 0.3 is 0 Å². The van der Waals surface area contributed by atoms with Gasteiger partial charge < -0.3 is 9.84 Å². The van der Waals surface area contributed by atoms with Gasteiger partial charge in [-0.3, -0.25) is 9.59 Å². The molecule has 0 atom stereocenters. The van der Waals surface area contributed by atoms with Crippen molar-refractivity contribution >= 4 is 17.6 Å². The summed E-state index contributed by atoms with van der Waals surface area (Å²) in [6.07, 6.45) is 0. The van der Waals surface area contributed by atoms with Gasteiger partial charge in [-0.1, -0.05) is 12.0 Å². The molecule has 1 N–H and O–H groups in total. The van der Waals surface area contributed by atoms with Crippen LogP contribution in [0.15, 0.2) is 18.2 Å². The van der Waals surface area contributed by atoms with Crippen molar-refractivity contribution in [1.29, 1.82) is 0 Å². The number of morpholine rings is 1. The highest BCUT2D eigenvalue weighted by Gasteiger charge is 2.29. The number of aliphatic hydroxyl groups excluding tert-OH is 1. The van der Waals surface area contributed by atoms with Gasteiger partial charge in [0.15, 0.2) is 0 Å². The number of anilines is 1. The van der Waals surface area contributed by atoms with Gasteiger partial charge in [0.05, 0.1) is 0 Å². The fraction of sp³-hybridized carbons (Fsp3) is 0.250. The topological polar surface area (TPSA) is 79.7 Å². The maximum atomic E-state index is 11.6. The van der Waals surface area contributed by atoms with E-state index < -0.39 is 11.8 Å². The largest absolute Gasteiger partial charge is 0.384 e. The highest BCUT2D eigenvalue weighted by molar-refractivity contribution is 6.16. The second kappa shape index (κ2) is 5.40. The first-order valence-corrected chi connectivity index (χ1v) is 5.22. The zero-order valence-electron chi connectivity index (χ0n) is 9.42. The number of aliphatic hydroxyl groups is 1. The molecule has 1 aromatic heterocycles. The fourth-order valence-corrected chi connectivity index (χ4v) is 1.50. The average molecular weight is 246 g/mol. The number of nitrogens with zero attached hydrogens (tertiary/aromatic N) is 2. The summed E-state index contributed by atoms with van der Waals surface area (Å²) in [5.74, 6) is 4.37. The first kappa shape index (κ1) is 12.2. The summed E-state index contributed by atoms with van der Waals surface area (Å²) in [6.45, 7) is -0.554. The van der Waals surface area contributed by atoms with E-state index in [0.29, 0.717) is 5.69 Å². The lowest BCUT2D eigenvalue weighted by molar-refractivity contribution is -0.138. The molecule has 1 aliphatic heterocycles. The Kier molecular flexibility index (Phi) is 3.67. The molecule has 6 heteroatoms. The molecule has 0 aromatic carbocycles. The van der Waals surface area contributed by atoms with E-state index in [-0.39, 0.29) is 25.6 Å². The summed E-state index contributed by atoms with van der Waals surface area (Å²) in [6, 6.07) is 4.81.